The molecule has 43 heavy (non-hydrogen) atoms. The lowest BCUT2D eigenvalue weighted by molar-refractivity contribution is -0.138. The van der Waals surface area contributed by atoms with E-state index in [-0.39, 0.29) is 30.3 Å². The maximum atomic E-state index is 13.1. The molecule has 3 aliphatic heterocycles. The molecule has 0 fully saturated rings. The van der Waals surface area contributed by atoms with Crippen LogP contribution in [-0.2, 0) is 33.8 Å². The summed E-state index contributed by atoms with van der Waals surface area (Å²) in [5.41, 5.74) is 14.5. The summed E-state index contributed by atoms with van der Waals surface area (Å²) in [6.07, 6.45) is 2.83. The Bertz CT molecular complexity index is 1870. The Morgan fingerprint density at radius 3 is 2.21 bits per heavy atom. The molecule has 0 radical (unpaired) electrons. The van der Waals surface area contributed by atoms with Crippen molar-refractivity contribution in [2.24, 2.45) is 0 Å². The van der Waals surface area contributed by atoms with Gasteiger partial charge in [-0.1, -0.05) is 20.8 Å². The molecule has 8 bridgehead atoms. The number of aromatic nitrogens is 4. The van der Waals surface area contributed by atoms with E-state index in [9.17, 15) is 9.59 Å². The molecule has 6 rings (SSSR count). The highest BCUT2D eigenvalue weighted by atomic mass is 16.5. The molecular formula is C35H41N5O3. The van der Waals surface area contributed by atoms with Gasteiger partial charge in [0.15, 0.2) is 0 Å². The molecule has 0 aliphatic carbocycles. The topological polar surface area (TPSA) is 104 Å². The number of ether oxygens (including phenoxy) is 1. The number of aromatic amines is 2. The van der Waals surface area contributed by atoms with Crippen LogP contribution in [0.4, 0.5) is 0 Å². The van der Waals surface area contributed by atoms with Crippen LogP contribution in [-0.4, -0.2) is 50.8 Å². The molecule has 0 saturated carbocycles. The van der Waals surface area contributed by atoms with Gasteiger partial charge in [-0.25, -0.2) is 9.78 Å². The van der Waals surface area contributed by atoms with E-state index in [0.717, 1.165) is 63.1 Å². The average molecular weight is 580 g/mol. The number of H-pyrrole nitrogens is 2. The van der Waals surface area contributed by atoms with Crippen LogP contribution in [0.15, 0.2) is 18.2 Å². The Hall–Kier alpha value is -4.20. The molecule has 3 aromatic heterocycles. The number of carbonyl (C=O) groups is 2. The van der Waals surface area contributed by atoms with Crippen molar-refractivity contribution in [1.29, 1.82) is 0 Å². The van der Waals surface area contributed by atoms with Crippen LogP contribution in [0.25, 0.3) is 33.2 Å². The van der Waals surface area contributed by atoms with E-state index in [4.69, 9.17) is 14.7 Å². The van der Waals surface area contributed by atoms with Gasteiger partial charge in [0, 0.05) is 65.7 Å². The standard InChI is InChI=1S/C35H41N5O3/c1-9-21-17(3)25-13-27-19(5)23(11-12-31(41)40(7)8)33(38-27)24-16-43-35(42)32-20(6)28(39-34(24)32)15-30-22(10-2)18(4)26(37-30)14-29(21)36-25/h13-15,19,23,36-37H,9-12,16H2,1-8H3/t19-,23-/m0/s1. The summed E-state index contributed by atoms with van der Waals surface area (Å²) in [6, 6.07) is 6.45. The van der Waals surface area contributed by atoms with Crippen molar-refractivity contribution in [3.63, 3.8) is 0 Å². The number of nitrogens with one attached hydrogen (secondary N) is 2. The second kappa shape index (κ2) is 10.8. The van der Waals surface area contributed by atoms with Crippen molar-refractivity contribution >= 4 is 45.1 Å². The number of nitrogens with zero attached hydrogens (tertiary/aromatic N) is 3. The molecule has 0 unspecified atom stereocenters. The van der Waals surface area contributed by atoms with Gasteiger partial charge < -0.3 is 19.6 Å². The molecule has 8 heteroatoms. The fourth-order valence-electron chi connectivity index (χ4n) is 6.99. The monoisotopic (exact) mass is 579 g/mol. The maximum Gasteiger partial charge on any atom is 0.341 e. The average Bonchev–Trinajstić information content (AvgIpc) is 3.65. The van der Waals surface area contributed by atoms with Crippen molar-refractivity contribution in [2.45, 2.75) is 85.7 Å². The van der Waals surface area contributed by atoms with Gasteiger partial charge in [-0.05, 0) is 86.1 Å². The Balaban J connectivity index is 1.73. The predicted octanol–water partition coefficient (Wildman–Crippen LogP) is 6.80. The number of hydrogen-bond acceptors (Lipinski definition) is 5. The van der Waals surface area contributed by atoms with Crippen LogP contribution < -0.4 is 0 Å². The number of aryl methyl sites for hydroxylation is 4. The number of fused-ring (bicyclic) bond motifs is 8. The molecular weight excluding hydrogens is 538 g/mol. The van der Waals surface area contributed by atoms with Crippen molar-refractivity contribution in [1.82, 2.24) is 24.8 Å². The first-order valence-electron chi connectivity index (χ1n) is 15.4. The zero-order valence-electron chi connectivity index (χ0n) is 26.5. The Morgan fingerprint density at radius 2 is 1.58 bits per heavy atom. The number of esters is 1. The number of hydrogen-bond donors (Lipinski definition) is 2. The third-order valence-electron chi connectivity index (χ3n) is 9.69. The molecule has 1 amide bonds. The quantitative estimate of drug-likeness (QED) is 0.324. The molecule has 2 atom stereocenters. The van der Waals surface area contributed by atoms with Crippen molar-refractivity contribution < 1.29 is 14.3 Å². The second-order valence-electron chi connectivity index (χ2n) is 12.3. The highest BCUT2D eigenvalue weighted by Gasteiger charge is 2.37. The number of rotatable bonds is 5. The minimum absolute atomic E-state index is 0.0123. The second-order valence-corrected chi connectivity index (χ2v) is 12.3. The predicted molar refractivity (Wildman–Crippen MR) is 171 cm³/mol. The number of cyclic esters (lactones) is 1. The lowest BCUT2D eigenvalue weighted by Crippen LogP contribution is -2.22. The van der Waals surface area contributed by atoms with Crippen molar-refractivity contribution in [3.05, 3.63) is 68.8 Å². The van der Waals surface area contributed by atoms with Gasteiger partial charge in [0.2, 0.25) is 5.91 Å². The minimum atomic E-state index is -0.350. The van der Waals surface area contributed by atoms with Gasteiger partial charge in [0.1, 0.15) is 6.61 Å². The molecule has 0 aromatic carbocycles. The Morgan fingerprint density at radius 1 is 0.953 bits per heavy atom. The molecule has 3 aliphatic rings. The highest BCUT2D eigenvalue weighted by Crippen LogP contribution is 2.45. The first-order valence-corrected chi connectivity index (χ1v) is 15.4. The summed E-state index contributed by atoms with van der Waals surface area (Å²) in [5.74, 6) is -0.211. The summed E-state index contributed by atoms with van der Waals surface area (Å²) in [6.45, 7) is 12.9. The van der Waals surface area contributed by atoms with Crippen LogP contribution in [0.3, 0.4) is 0 Å². The largest absolute Gasteiger partial charge is 0.457 e. The SMILES string of the molecule is CCc1c(C)c2cc3[nH]c(cc4nc(c5c6nc(cc1[nH]2)C(C)=C6C(=O)OC5)[C@@H](CCC(=O)N(C)C)[C@@H]4C)c(C)c3CC. The van der Waals surface area contributed by atoms with Gasteiger partial charge in [-0.2, -0.15) is 0 Å². The molecule has 0 spiro atoms. The minimum Gasteiger partial charge on any atom is -0.457 e. The molecule has 0 saturated heterocycles. The summed E-state index contributed by atoms with van der Waals surface area (Å²) >= 11 is 0. The molecule has 8 nitrogen and oxygen atoms in total. The van der Waals surface area contributed by atoms with Gasteiger partial charge in [0.25, 0.3) is 0 Å². The van der Waals surface area contributed by atoms with Crippen LogP contribution in [0.1, 0.15) is 103 Å². The summed E-state index contributed by atoms with van der Waals surface area (Å²) in [5, 5.41) is 0. The molecule has 2 N–H and O–H groups in total. The van der Waals surface area contributed by atoms with E-state index in [0.29, 0.717) is 24.1 Å². The normalized spacial score (nSPS) is 17.8. The fraction of sp³-hybridized carbons (Fsp3) is 0.429. The van der Waals surface area contributed by atoms with Crippen molar-refractivity contribution in [3.8, 4) is 0 Å². The van der Waals surface area contributed by atoms with Gasteiger partial charge in [-0.15, -0.1) is 0 Å². The molecule has 224 valence electrons. The van der Waals surface area contributed by atoms with E-state index in [2.05, 4.69) is 62.8 Å². The lowest BCUT2D eigenvalue weighted by atomic mass is 9.84. The van der Waals surface area contributed by atoms with Gasteiger partial charge in [-0.3, -0.25) is 9.78 Å². The third-order valence-corrected chi connectivity index (χ3v) is 9.69. The van der Waals surface area contributed by atoms with Crippen LogP contribution in [0.2, 0.25) is 0 Å². The van der Waals surface area contributed by atoms with E-state index in [1.54, 1.807) is 19.0 Å². The third kappa shape index (κ3) is 4.67. The zero-order chi connectivity index (χ0) is 30.7. The lowest BCUT2D eigenvalue weighted by Gasteiger charge is -2.21. The Kier molecular flexibility index (Phi) is 7.27. The summed E-state index contributed by atoms with van der Waals surface area (Å²) in [4.78, 5) is 45.1. The highest BCUT2D eigenvalue weighted by molar-refractivity contribution is 6.26. The number of allylic oxidation sites excluding steroid dienone is 1. The summed E-state index contributed by atoms with van der Waals surface area (Å²) < 4.78 is 5.76. The van der Waals surface area contributed by atoms with Crippen LogP contribution >= 0.6 is 0 Å². The zero-order valence-corrected chi connectivity index (χ0v) is 26.5. The Labute approximate surface area is 252 Å². The van der Waals surface area contributed by atoms with Gasteiger partial charge >= 0.3 is 5.97 Å². The van der Waals surface area contributed by atoms with E-state index < -0.39 is 0 Å². The van der Waals surface area contributed by atoms with E-state index in [1.807, 2.05) is 6.92 Å². The van der Waals surface area contributed by atoms with E-state index in [1.165, 1.54) is 22.3 Å². The van der Waals surface area contributed by atoms with Crippen LogP contribution in [0.5, 0.6) is 0 Å². The fourth-order valence-corrected chi connectivity index (χ4v) is 6.99. The number of amides is 1. The smallest absolute Gasteiger partial charge is 0.341 e. The first kappa shape index (κ1) is 28.9. The number of carbonyl (C=O) groups excluding carboxylic acids is 2. The first-order chi connectivity index (χ1) is 20.5. The van der Waals surface area contributed by atoms with E-state index >= 15 is 0 Å². The van der Waals surface area contributed by atoms with Crippen molar-refractivity contribution in [2.75, 3.05) is 14.1 Å². The van der Waals surface area contributed by atoms with Crippen LogP contribution in [0, 0.1) is 13.8 Å². The maximum absolute atomic E-state index is 13.1. The molecule has 6 heterocycles. The van der Waals surface area contributed by atoms with Gasteiger partial charge in [0.05, 0.1) is 22.7 Å². The summed E-state index contributed by atoms with van der Waals surface area (Å²) in [7, 11) is 3.58. The molecule has 3 aromatic rings.